The number of aliphatic hydroxyl groups excluding tert-OH is 1. The molecular weight excluding hydrogens is 279 g/mol. The minimum absolute atomic E-state index is 0.0583. The zero-order chi connectivity index (χ0) is 14.9. The Morgan fingerprint density at radius 1 is 1.25 bits per heavy atom. The van der Waals surface area contributed by atoms with Crippen molar-refractivity contribution in [3.05, 3.63) is 41.2 Å². The van der Waals surface area contributed by atoms with E-state index in [0.29, 0.717) is 0 Å². The molecule has 0 fully saturated rings. The number of hydrogen-bond donors (Lipinski definition) is 2. The number of nitrogens with one attached hydrogen (secondary N) is 1. The van der Waals surface area contributed by atoms with Gasteiger partial charge in [0.2, 0.25) is 0 Å². The van der Waals surface area contributed by atoms with E-state index >= 15 is 0 Å². The normalized spacial score (nSPS) is 15.2. The third kappa shape index (κ3) is 2.73. The summed E-state index contributed by atoms with van der Waals surface area (Å²) in [4.78, 5) is 22.8. The average molecular weight is 287 g/mol. The molecule has 2 N–H and O–H groups in total. The van der Waals surface area contributed by atoms with Crippen molar-refractivity contribution in [1.29, 1.82) is 0 Å². The summed E-state index contributed by atoms with van der Waals surface area (Å²) in [7, 11) is 0. The number of carbonyl (C=O) groups excluding carboxylic acids is 2. The lowest BCUT2D eigenvalue weighted by molar-refractivity contribution is -0.138. The zero-order valence-electron chi connectivity index (χ0n) is 9.82. The molecule has 0 bridgehead atoms. The van der Waals surface area contributed by atoms with E-state index in [0.717, 1.165) is 24.3 Å². The number of rotatable bonds is 2. The number of halogens is 3. The van der Waals surface area contributed by atoms with Crippen LogP contribution in [0.25, 0.3) is 0 Å². The molecule has 1 heterocycles. The van der Waals surface area contributed by atoms with Gasteiger partial charge in [-0.2, -0.15) is 13.2 Å². The molecule has 0 aromatic heterocycles. The Hall–Kier alpha value is -2.51. The topological polar surface area (TPSA) is 75.6 Å². The maximum atomic E-state index is 12.3. The highest BCUT2D eigenvalue weighted by molar-refractivity contribution is 6.22. The number of aliphatic hydroxyl groups is 1. The van der Waals surface area contributed by atoms with Crippen molar-refractivity contribution in [3.63, 3.8) is 0 Å². The zero-order valence-corrected chi connectivity index (χ0v) is 9.82. The van der Waals surface area contributed by atoms with Gasteiger partial charge in [0.15, 0.2) is 11.3 Å². The lowest BCUT2D eigenvalue weighted by Crippen LogP contribution is -2.19. The van der Waals surface area contributed by atoms with Gasteiger partial charge in [0.25, 0.3) is 5.91 Å². The molecule has 106 valence electrons. The van der Waals surface area contributed by atoms with Crippen molar-refractivity contribution in [1.82, 2.24) is 0 Å². The fourth-order valence-electron chi connectivity index (χ4n) is 1.56. The number of alkyl halides is 3. The molecule has 1 aromatic rings. The molecule has 0 atom stereocenters. The van der Waals surface area contributed by atoms with Crippen LogP contribution in [0.15, 0.2) is 35.6 Å². The molecule has 0 saturated carbocycles. The predicted molar refractivity (Wildman–Crippen MR) is 60.7 cm³/mol. The molecule has 5 nitrogen and oxygen atoms in total. The Morgan fingerprint density at radius 2 is 1.85 bits per heavy atom. The monoisotopic (exact) mass is 287 g/mol. The number of ether oxygens (including phenoxy) is 1. The van der Waals surface area contributed by atoms with E-state index in [1.54, 1.807) is 0 Å². The van der Waals surface area contributed by atoms with Crippen molar-refractivity contribution < 1.29 is 32.6 Å². The third-order valence-corrected chi connectivity index (χ3v) is 2.53. The molecule has 1 amide bonds. The molecule has 0 unspecified atom stereocenters. The molecule has 20 heavy (non-hydrogen) atoms. The minimum Gasteiger partial charge on any atom is -0.508 e. The highest BCUT2D eigenvalue weighted by Gasteiger charge is 2.32. The second-order valence-corrected chi connectivity index (χ2v) is 3.93. The molecule has 1 aliphatic rings. The Balaban J connectivity index is 2.13. The number of carbonyl (C=O) groups is 2. The lowest BCUT2D eigenvalue weighted by Gasteiger charge is -2.08. The molecule has 0 radical (unpaired) electrons. The van der Waals surface area contributed by atoms with Crippen LogP contribution in [-0.4, -0.2) is 23.6 Å². The molecule has 8 heteroatoms. The van der Waals surface area contributed by atoms with Crippen LogP contribution in [0, 0.1) is 0 Å². The Bertz CT molecular complexity index is 590. The predicted octanol–water partition coefficient (Wildman–Crippen LogP) is 2.01. The fourth-order valence-corrected chi connectivity index (χ4v) is 1.56. The molecule has 0 saturated heterocycles. The van der Waals surface area contributed by atoms with Crippen LogP contribution in [0.5, 0.6) is 0 Å². The van der Waals surface area contributed by atoms with Crippen molar-refractivity contribution >= 4 is 17.6 Å². The van der Waals surface area contributed by atoms with Crippen molar-refractivity contribution in [2.45, 2.75) is 6.18 Å². The van der Waals surface area contributed by atoms with Gasteiger partial charge in [-0.1, -0.05) is 0 Å². The van der Waals surface area contributed by atoms with Crippen LogP contribution < -0.4 is 5.32 Å². The van der Waals surface area contributed by atoms with Crippen LogP contribution in [0.3, 0.4) is 0 Å². The van der Waals surface area contributed by atoms with Gasteiger partial charge < -0.3 is 15.2 Å². The second kappa shape index (κ2) is 4.87. The molecule has 0 aliphatic carbocycles. The number of amides is 1. The van der Waals surface area contributed by atoms with Crippen molar-refractivity contribution in [2.24, 2.45) is 0 Å². The molecule has 2 rings (SSSR count). The number of benzene rings is 1. The van der Waals surface area contributed by atoms with Gasteiger partial charge in [0.05, 0.1) is 5.56 Å². The quantitative estimate of drug-likeness (QED) is 0.644. The highest BCUT2D eigenvalue weighted by Crippen LogP contribution is 2.30. The van der Waals surface area contributed by atoms with Crippen LogP contribution in [0.1, 0.15) is 5.56 Å². The number of esters is 1. The van der Waals surface area contributed by atoms with E-state index in [1.165, 1.54) is 0 Å². The van der Waals surface area contributed by atoms with Gasteiger partial charge in [0.1, 0.15) is 6.61 Å². The fraction of sp³-hybridized carbons (Fsp3) is 0.167. The number of hydrogen-bond acceptors (Lipinski definition) is 4. The summed E-state index contributed by atoms with van der Waals surface area (Å²) in [6.07, 6.45) is -4.47. The first-order valence-electron chi connectivity index (χ1n) is 5.37. The summed E-state index contributed by atoms with van der Waals surface area (Å²) in [5.41, 5.74) is -1.36. The summed E-state index contributed by atoms with van der Waals surface area (Å²) in [5, 5.41) is 11.5. The first-order chi connectivity index (χ1) is 9.29. The lowest BCUT2D eigenvalue weighted by atomic mass is 10.2. The van der Waals surface area contributed by atoms with Crippen LogP contribution in [0.4, 0.5) is 18.9 Å². The Labute approximate surface area is 110 Å². The summed E-state index contributed by atoms with van der Waals surface area (Å²) in [6.45, 7) is -0.394. The number of anilines is 1. The summed E-state index contributed by atoms with van der Waals surface area (Å²) in [6, 6.07) is 3.66. The van der Waals surface area contributed by atoms with E-state index in [-0.39, 0.29) is 5.69 Å². The Morgan fingerprint density at radius 3 is 2.30 bits per heavy atom. The van der Waals surface area contributed by atoms with Gasteiger partial charge >= 0.3 is 12.1 Å². The SMILES string of the molecule is O=C(Nc1ccc(C(F)(F)F)cc1)C1=C(O)COC1=O. The van der Waals surface area contributed by atoms with Crippen LogP contribution in [0.2, 0.25) is 0 Å². The van der Waals surface area contributed by atoms with Gasteiger partial charge in [-0.05, 0) is 24.3 Å². The first kappa shape index (κ1) is 13.9. The van der Waals surface area contributed by atoms with E-state index in [2.05, 4.69) is 10.1 Å². The standard InChI is InChI=1S/C12H8F3NO4/c13-12(14,15)6-1-3-7(4-2-6)16-10(18)9-8(17)5-20-11(9)19/h1-4,17H,5H2,(H,16,18). The highest BCUT2D eigenvalue weighted by atomic mass is 19.4. The smallest absolute Gasteiger partial charge is 0.416 e. The maximum Gasteiger partial charge on any atom is 0.416 e. The second-order valence-electron chi connectivity index (χ2n) is 3.93. The Kier molecular flexibility index (Phi) is 3.39. The van der Waals surface area contributed by atoms with Gasteiger partial charge in [-0.25, -0.2) is 4.79 Å². The van der Waals surface area contributed by atoms with E-state index in [4.69, 9.17) is 0 Å². The van der Waals surface area contributed by atoms with Crippen molar-refractivity contribution in [3.8, 4) is 0 Å². The third-order valence-electron chi connectivity index (χ3n) is 2.53. The van der Waals surface area contributed by atoms with Crippen molar-refractivity contribution in [2.75, 3.05) is 11.9 Å². The number of cyclic esters (lactones) is 1. The van der Waals surface area contributed by atoms with E-state index in [1.807, 2.05) is 0 Å². The summed E-state index contributed by atoms with van der Waals surface area (Å²) >= 11 is 0. The van der Waals surface area contributed by atoms with Gasteiger partial charge in [0, 0.05) is 5.69 Å². The largest absolute Gasteiger partial charge is 0.508 e. The average Bonchev–Trinajstić information content (AvgIpc) is 2.68. The molecule has 1 aromatic carbocycles. The van der Waals surface area contributed by atoms with Crippen LogP contribution >= 0.6 is 0 Å². The summed E-state index contributed by atoms with van der Waals surface area (Å²) in [5.74, 6) is -2.43. The molecular formula is C12H8F3NO4. The first-order valence-corrected chi connectivity index (χ1v) is 5.37. The van der Waals surface area contributed by atoms with E-state index < -0.39 is 41.6 Å². The summed E-state index contributed by atoms with van der Waals surface area (Å²) < 4.78 is 41.5. The van der Waals surface area contributed by atoms with E-state index in [9.17, 15) is 27.9 Å². The minimum atomic E-state index is -4.47. The molecule has 0 spiro atoms. The molecule has 1 aliphatic heterocycles. The van der Waals surface area contributed by atoms with Gasteiger partial charge in [-0.15, -0.1) is 0 Å². The van der Waals surface area contributed by atoms with Crippen LogP contribution in [-0.2, 0) is 20.5 Å². The van der Waals surface area contributed by atoms with Gasteiger partial charge in [-0.3, -0.25) is 4.79 Å². The maximum absolute atomic E-state index is 12.3.